The van der Waals surface area contributed by atoms with Crippen LogP contribution in [0.2, 0.25) is 5.02 Å². The Bertz CT molecular complexity index is 645. The van der Waals surface area contributed by atoms with Crippen molar-refractivity contribution in [3.05, 3.63) is 22.7 Å². The van der Waals surface area contributed by atoms with Gasteiger partial charge in [-0.25, -0.2) is 0 Å². The van der Waals surface area contributed by atoms with E-state index < -0.39 is 5.91 Å². The number of rotatable bonds is 7. The predicted molar refractivity (Wildman–Crippen MR) is 95.2 cm³/mol. The lowest BCUT2D eigenvalue weighted by Gasteiger charge is -2.34. The number of halogens is 1. The highest BCUT2D eigenvalue weighted by Gasteiger charge is 2.27. The molecule has 0 aliphatic carbocycles. The summed E-state index contributed by atoms with van der Waals surface area (Å²) in [6.07, 6.45) is 2.02. The molecular weight excluding hydrogens is 346 g/mol. The van der Waals surface area contributed by atoms with Gasteiger partial charge in [0.05, 0.1) is 12.1 Å². The summed E-state index contributed by atoms with van der Waals surface area (Å²) in [5, 5.41) is 6.46. The Labute approximate surface area is 152 Å². The molecule has 1 heterocycles. The standard InChI is InChI=1S/C17H24ClN3O4/c1-17(3-5-20-6-4-17)10-21-16(23)11-7-12(18)15(13(8-11)24-2)25-9-14(19)22/h7-8,20H,3-6,9-10H2,1-2H3,(H2,19,22)(H,21,23). The lowest BCUT2D eigenvalue weighted by Crippen LogP contribution is -2.42. The maximum absolute atomic E-state index is 12.5. The Morgan fingerprint density at radius 3 is 2.64 bits per heavy atom. The zero-order valence-electron chi connectivity index (χ0n) is 14.5. The summed E-state index contributed by atoms with van der Waals surface area (Å²) >= 11 is 6.17. The van der Waals surface area contributed by atoms with Crippen LogP contribution in [0.1, 0.15) is 30.1 Å². The summed E-state index contributed by atoms with van der Waals surface area (Å²) in [5.41, 5.74) is 5.52. The molecule has 0 bridgehead atoms. The van der Waals surface area contributed by atoms with Gasteiger partial charge in [-0.2, -0.15) is 0 Å². The number of nitrogens with two attached hydrogens (primary N) is 1. The van der Waals surface area contributed by atoms with Gasteiger partial charge in [-0.15, -0.1) is 0 Å². The summed E-state index contributed by atoms with van der Waals surface area (Å²) < 4.78 is 10.5. The number of methoxy groups -OCH3 is 1. The molecule has 8 heteroatoms. The lowest BCUT2D eigenvalue weighted by molar-refractivity contribution is -0.119. The molecule has 0 saturated carbocycles. The molecule has 1 aliphatic heterocycles. The average Bonchev–Trinajstić information content (AvgIpc) is 2.58. The van der Waals surface area contributed by atoms with Gasteiger partial charge in [-0.1, -0.05) is 18.5 Å². The maximum atomic E-state index is 12.5. The summed E-state index contributed by atoms with van der Waals surface area (Å²) in [7, 11) is 1.43. The Morgan fingerprint density at radius 2 is 2.04 bits per heavy atom. The Hall–Kier alpha value is -1.99. The minimum atomic E-state index is -0.629. The van der Waals surface area contributed by atoms with Gasteiger partial charge < -0.3 is 25.8 Å². The van der Waals surface area contributed by atoms with Gasteiger partial charge in [-0.3, -0.25) is 9.59 Å². The predicted octanol–water partition coefficient (Wildman–Crippen LogP) is 1.33. The number of primary amides is 1. The molecule has 1 aliphatic rings. The van der Waals surface area contributed by atoms with E-state index in [0.29, 0.717) is 12.1 Å². The molecule has 7 nitrogen and oxygen atoms in total. The molecule has 1 fully saturated rings. The van der Waals surface area contributed by atoms with E-state index in [1.165, 1.54) is 19.2 Å². The first-order valence-corrected chi connectivity index (χ1v) is 8.50. The minimum absolute atomic E-state index is 0.0827. The fraction of sp³-hybridized carbons (Fsp3) is 0.529. The number of carbonyl (C=O) groups is 2. The quantitative estimate of drug-likeness (QED) is 0.673. The Kier molecular flexibility index (Phi) is 6.50. The minimum Gasteiger partial charge on any atom is -0.493 e. The fourth-order valence-electron chi connectivity index (χ4n) is 2.74. The topological polar surface area (TPSA) is 103 Å². The number of amides is 2. The molecule has 0 unspecified atom stereocenters. The van der Waals surface area contributed by atoms with E-state index in [1.807, 2.05) is 0 Å². The van der Waals surface area contributed by atoms with Crippen molar-refractivity contribution in [3.8, 4) is 11.5 Å². The normalized spacial score (nSPS) is 16.1. The van der Waals surface area contributed by atoms with Crippen LogP contribution in [-0.4, -0.2) is 45.2 Å². The van der Waals surface area contributed by atoms with Gasteiger partial charge in [0.2, 0.25) is 0 Å². The summed E-state index contributed by atoms with van der Waals surface area (Å²) in [6, 6.07) is 3.02. The van der Waals surface area contributed by atoms with Crippen LogP contribution in [0, 0.1) is 5.41 Å². The number of hydrogen-bond acceptors (Lipinski definition) is 5. The smallest absolute Gasteiger partial charge is 0.255 e. The van der Waals surface area contributed by atoms with E-state index in [0.717, 1.165) is 25.9 Å². The molecule has 2 amide bonds. The second-order valence-corrected chi connectivity index (χ2v) is 6.89. The van der Waals surface area contributed by atoms with Crippen LogP contribution in [0.4, 0.5) is 0 Å². The molecule has 2 rings (SSSR count). The van der Waals surface area contributed by atoms with E-state index >= 15 is 0 Å². The van der Waals surface area contributed by atoms with Crippen molar-refractivity contribution in [2.75, 3.05) is 33.4 Å². The first-order valence-electron chi connectivity index (χ1n) is 8.12. The molecule has 1 aromatic carbocycles. The molecule has 1 aromatic rings. The maximum Gasteiger partial charge on any atom is 0.255 e. The van der Waals surface area contributed by atoms with E-state index in [-0.39, 0.29) is 34.5 Å². The number of ether oxygens (including phenoxy) is 2. The molecule has 0 aromatic heterocycles. The monoisotopic (exact) mass is 369 g/mol. The van der Waals surface area contributed by atoms with Crippen LogP contribution < -0.4 is 25.8 Å². The second-order valence-electron chi connectivity index (χ2n) is 6.49. The molecule has 1 saturated heterocycles. The number of piperidine rings is 1. The average molecular weight is 370 g/mol. The third-order valence-corrected chi connectivity index (χ3v) is 4.62. The first kappa shape index (κ1) is 19.3. The SMILES string of the molecule is COc1cc(C(=O)NCC2(C)CCNCC2)cc(Cl)c1OCC(N)=O. The van der Waals surface area contributed by atoms with Crippen molar-refractivity contribution in [1.29, 1.82) is 0 Å². The van der Waals surface area contributed by atoms with Crippen molar-refractivity contribution < 1.29 is 19.1 Å². The molecule has 0 atom stereocenters. The summed E-state index contributed by atoms with van der Waals surface area (Å²) in [6.45, 7) is 4.35. The van der Waals surface area contributed by atoms with Gasteiger partial charge in [0.15, 0.2) is 18.1 Å². The van der Waals surface area contributed by atoms with Gasteiger partial charge in [0, 0.05) is 12.1 Å². The molecule has 25 heavy (non-hydrogen) atoms. The van der Waals surface area contributed by atoms with E-state index in [4.69, 9.17) is 26.8 Å². The van der Waals surface area contributed by atoms with E-state index in [9.17, 15) is 9.59 Å². The third kappa shape index (κ3) is 5.24. The molecule has 0 spiro atoms. The van der Waals surface area contributed by atoms with Crippen molar-refractivity contribution in [2.24, 2.45) is 11.1 Å². The molecule has 4 N–H and O–H groups in total. The first-order chi connectivity index (χ1) is 11.8. The Morgan fingerprint density at radius 1 is 1.36 bits per heavy atom. The van der Waals surface area contributed by atoms with Crippen LogP contribution in [0.25, 0.3) is 0 Å². The van der Waals surface area contributed by atoms with Crippen LogP contribution in [-0.2, 0) is 4.79 Å². The summed E-state index contributed by atoms with van der Waals surface area (Å²) in [5.74, 6) is -0.409. The van der Waals surface area contributed by atoms with Crippen molar-refractivity contribution in [2.45, 2.75) is 19.8 Å². The van der Waals surface area contributed by atoms with Gasteiger partial charge in [0.1, 0.15) is 0 Å². The zero-order valence-corrected chi connectivity index (χ0v) is 15.2. The number of benzene rings is 1. The van der Waals surface area contributed by atoms with Crippen molar-refractivity contribution >= 4 is 23.4 Å². The van der Waals surface area contributed by atoms with Gasteiger partial charge in [-0.05, 0) is 43.5 Å². The van der Waals surface area contributed by atoms with Crippen molar-refractivity contribution in [1.82, 2.24) is 10.6 Å². The number of nitrogens with one attached hydrogen (secondary N) is 2. The molecule has 0 radical (unpaired) electrons. The van der Waals surface area contributed by atoms with Crippen molar-refractivity contribution in [3.63, 3.8) is 0 Å². The highest BCUT2D eigenvalue weighted by atomic mass is 35.5. The highest BCUT2D eigenvalue weighted by molar-refractivity contribution is 6.32. The van der Waals surface area contributed by atoms with Gasteiger partial charge in [0.25, 0.3) is 11.8 Å². The molecule has 138 valence electrons. The largest absolute Gasteiger partial charge is 0.493 e. The van der Waals surface area contributed by atoms with Crippen LogP contribution in [0.5, 0.6) is 11.5 Å². The summed E-state index contributed by atoms with van der Waals surface area (Å²) in [4.78, 5) is 23.3. The zero-order chi connectivity index (χ0) is 18.4. The van der Waals surface area contributed by atoms with Gasteiger partial charge >= 0.3 is 0 Å². The van der Waals surface area contributed by atoms with Crippen LogP contribution in [0.3, 0.4) is 0 Å². The van der Waals surface area contributed by atoms with E-state index in [1.54, 1.807) is 0 Å². The molecular formula is C17H24ClN3O4. The lowest BCUT2D eigenvalue weighted by atomic mass is 9.81. The van der Waals surface area contributed by atoms with E-state index in [2.05, 4.69) is 17.6 Å². The second kappa shape index (κ2) is 8.40. The third-order valence-electron chi connectivity index (χ3n) is 4.34. The number of hydrogen-bond donors (Lipinski definition) is 3. The fourth-order valence-corrected chi connectivity index (χ4v) is 3.00. The Balaban J connectivity index is 2.08. The highest BCUT2D eigenvalue weighted by Crippen LogP contribution is 2.36. The van der Waals surface area contributed by atoms with Crippen LogP contribution in [0.15, 0.2) is 12.1 Å². The number of carbonyl (C=O) groups excluding carboxylic acids is 2. The van der Waals surface area contributed by atoms with Crippen LogP contribution >= 0.6 is 11.6 Å².